The largest absolute Gasteiger partial charge is 0.350 e. The number of amides is 1. The lowest BCUT2D eigenvalue weighted by Gasteiger charge is -1.90. The first kappa shape index (κ1) is 7.74. The molecule has 0 saturated heterocycles. The van der Waals surface area contributed by atoms with E-state index in [1.807, 2.05) is 0 Å². The van der Waals surface area contributed by atoms with Crippen molar-refractivity contribution in [3.05, 3.63) is 18.0 Å². The first-order valence-electron chi connectivity index (χ1n) is 3.27. The van der Waals surface area contributed by atoms with E-state index in [0.717, 1.165) is 10.2 Å². The molecule has 5 heteroatoms. The van der Waals surface area contributed by atoms with Crippen LogP contribution < -0.4 is 11.5 Å². The fourth-order valence-electron chi connectivity index (χ4n) is 0.776. The lowest BCUT2D eigenvalue weighted by Crippen LogP contribution is -2.19. The Hall–Kier alpha value is -1.36. The smallest absolute Gasteiger partial charge is 0.339 e. The molecular weight excluding hydrogens is 144 g/mol. The van der Waals surface area contributed by atoms with Gasteiger partial charge in [-0.2, -0.15) is 9.78 Å². The minimum absolute atomic E-state index is 0.546. The van der Waals surface area contributed by atoms with E-state index in [0.29, 0.717) is 13.0 Å². The Morgan fingerprint density at radius 1 is 1.73 bits per heavy atom. The van der Waals surface area contributed by atoms with Crippen molar-refractivity contribution < 1.29 is 4.79 Å². The van der Waals surface area contributed by atoms with Gasteiger partial charge in [0.25, 0.3) is 0 Å². The maximum atomic E-state index is 10.5. The van der Waals surface area contributed by atoms with Gasteiger partial charge >= 0.3 is 6.03 Å². The second kappa shape index (κ2) is 3.16. The van der Waals surface area contributed by atoms with Crippen molar-refractivity contribution in [2.24, 2.45) is 11.5 Å². The lowest BCUT2D eigenvalue weighted by molar-refractivity contribution is 0.247. The topological polar surface area (TPSA) is 86.9 Å². The average Bonchev–Trinajstić information content (AvgIpc) is 2.37. The molecule has 0 fully saturated rings. The number of hydrogen-bond acceptors (Lipinski definition) is 3. The Morgan fingerprint density at radius 3 is 2.91 bits per heavy atom. The van der Waals surface area contributed by atoms with Gasteiger partial charge in [-0.05, 0) is 18.5 Å². The minimum atomic E-state index is -0.576. The van der Waals surface area contributed by atoms with Crippen molar-refractivity contribution in [1.82, 2.24) is 9.78 Å². The van der Waals surface area contributed by atoms with Crippen LogP contribution in [0.4, 0.5) is 4.79 Å². The first-order valence-corrected chi connectivity index (χ1v) is 3.27. The number of primary amides is 1. The predicted molar refractivity (Wildman–Crippen MR) is 40.0 cm³/mol. The molecule has 0 bridgehead atoms. The van der Waals surface area contributed by atoms with Crippen molar-refractivity contribution in [2.75, 3.05) is 6.54 Å². The zero-order chi connectivity index (χ0) is 8.27. The molecule has 5 nitrogen and oxygen atoms in total. The van der Waals surface area contributed by atoms with Crippen LogP contribution in [-0.2, 0) is 6.42 Å². The van der Waals surface area contributed by atoms with Gasteiger partial charge in [0.05, 0.1) is 6.20 Å². The Bertz CT molecular complexity index is 255. The maximum absolute atomic E-state index is 10.5. The second-order valence-corrected chi connectivity index (χ2v) is 2.17. The molecule has 0 aromatic carbocycles. The Kier molecular flexibility index (Phi) is 2.22. The highest BCUT2D eigenvalue weighted by atomic mass is 16.2. The van der Waals surface area contributed by atoms with Crippen molar-refractivity contribution in [3.63, 3.8) is 0 Å². The lowest BCUT2D eigenvalue weighted by atomic mass is 10.3. The maximum Gasteiger partial charge on any atom is 0.339 e. The van der Waals surface area contributed by atoms with Crippen molar-refractivity contribution >= 4 is 6.03 Å². The third-order valence-electron chi connectivity index (χ3n) is 1.29. The van der Waals surface area contributed by atoms with Gasteiger partial charge in [-0.1, -0.05) is 0 Å². The quantitative estimate of drug-likeness (QED) is 0.591. The van der Waals surface area contributed by atoms with Gasteiger partial charge in [0.15, 0.2) is 0 Å². The summed E-state index contributed by atoms with van der Waals surface area (Å²) in [6.45, 7) is 0.546. The van der Waals surface area contributed by atoms with Crippen molar-refractivity contribution in [1.29, 1.82) is 0 Å². The predicted octanol–water partition coefficient (Wildman–Crippen LogP) is -0.689. The standard InChI is InChI=1S/C6H10N4O/c7-2-1-5-3-9-10(4-5)6(8)11/h3-4H,1-2,7H2,(H2,8,11). The highest BCUT2D eigenvalue weighted by Crippen LogP contribution is 1.96. The van der Waals surface area contributed by atoms with Gasteiger partial charge in [0.1, 0.15) is 0 Å². The highest BCUT2D eigenvalue weighted by Gasteiger charge is 2.00. The Morgan fingerprint density at radius 2 is 2.45 bits per heavy atom. The summed E-state index contributed by atoms with van der Waals surface area (Å²) in [6, 6.07) is -0.576. The number of carbonyl (C=O) groups excluding carboxylic acids is 1. The van der Waals surface area contributed by atoms with Gasteiger partial charge in [-0.25, -0.2) is 4.79 Å². The SMILES string of the molecule is NCCc1cnn(C(N)=O)c1. The molecule has 1 amide bonds. The number of nitrogens with zero attached hydrogens (tertiary/aromatic N) is 2. The van der Waals surface area contributed by atoms with E-state index in [1.165, 1.54) is 0 Å². The molecule has 0 spiro atoms. The highest BCUT2D eigenvalue weighted by molar-refractivity contribution is 5.73. The monoisotopic (exact) mass is 154 g/mol. The van der Waals surface area contributed by atoms with Crippen LogP contribution in [0.1, 0.15) is 5.56 Å². The molecule has 1 rings (SSSR count). The molecule has 0 radical (unpaired) electrons. The van der Waals surface area contributed by atoms with Crippen LogP contribution >= 0.6 is 0 Å². The van der Waals surface area contributed by atoms with E-state index in [1.54, 1.807) is 12.4 Å². The first-order chi connectivity index (χ1) is 5.24. The number of rotatable bonds is 2. The molecule has 0 atom stereocenters. The summed E-state index contributed by atoms with van der Waals surface area (Å²) < 4.78 is 1.09. The van der Waals surface area contributed by atoms with Gasteiger partial charge in [-0.3, -0.25) is 0 Å². The molecule has 1 aromatic heterocycles. The van der Waals surface area contributed by atoms with Crippen LogP contribution in [0.2, 0.25) is 0 Å². The zero-order valence-electron chi connectivity index (χ0n) is 6.03. The summed E-state index contributed by atoms with van der Waals surface area (Å²) in [5, 5.41) is 3.72. The van der Waals surface area contributed by atoms with Crippen molar-refractivity contribution in [3.8, 4) is 0 Å². The van der Waals surface area contributed by atoms with Crippen LogP contribution in [0.25, 0.3) is 0 Å². The summed E-state index contributed by atoms with van der Waals surface area (Å²) in [6.07, 6.45) is 3.88. The number of nitrogens with two attached hydrogens (primary N) is 2. The van der Waals surface area contributed by atoms with E-state index in [2.05, 4.69) is 5.10 Å². The van der Waals surface area contributed by atoms with E-state index in [-0.39, 0.29) is 0 Å². The van der Waals surface area contributed by atoms with Crippen LogP contribution in [0.5, 0.6) is 0 Å². The third kappa shape index (κ3) is 1.78. The van der Waals surface area contributed by atoms with E-state index < -0.39 is 6.03 Å². The summed E-state index contributed by atoms with van der Waals surface area (Å²) in [5.41, 5.74) is 11.2. The molecule has 0 saturated carbocycles. The fourth-order valence-corrected chi connectivity index (χ4v) is 0.776. The van der Waals surface area contributed by atoms with Crippen LogP contribution in [0.15, 0.2) is 12.4 Å². The van der Waals surface area contributed by atoms with Crippen LogP contribution in [0.3, 0.4) is 0 Å². The summed E-state index contributed by atoms with van der Waals surface area (Å²) in [4.78, 5) is 10.5. The van der Waals surface area contributed by atoms with Gasteiger partial charge in [0, 0.05) is 6.20 Å². The molecule has 11 heavy (non-hydrogen) atoms. The molecule has 4 N–H and O–H groups in total. The van der Waals surface area contributed by atoms with Crippen molar-refractivity contribution in [2.45, 2.75) is 6.42 Å². The molecule has 0 aliphatic carbocycles. The second-order valence-electron chi connectivity index (χ2n) is 2.17. The molecular formula is C6H10N4O. The van der Waals surface area contributed by atoms with Gasteiger partial charge < -0.3 is 11.5 Å². The van der Waals surface area contributed by atoms with E-state index in [9.17, 15) is 4.79 Å². The Labute approximate surface area is 64.0 Å². The average molecular weight is 154 g/mol. The molecule has 60 valence electrons. The number of aromatic nitrogens is 2. The number of hydrogen-bond donors (Lipinski definition) is 2. The van der Waals surface area contributed by atoms with Crippen LogP contribution in [-0.4, -0.2) is 22.4 Å². The molecule has 0 aliphatic heterocycles. The summed E-state index contributed by atoms with van der Waals surface area (Å²) in [7, 11) is 0. The summed E-state index contributed by atoms with van der Waals surface area (Å²) in [5.74, 6) is 0. The van der Waals surface area contributed by atoms with E-state index in [4.69, 9.17) is 11.5 Å². The van der Waals surface area contributed by atoms with Gasteiger partial charge in [0.2, 0.25) is 0 Å². The Balaban J connectivity index is 2.73. The molecule has 1 aromatic rings. The number of carbonyl (C=O) groups is 1. The minimum Gasteiger partial charge on any atom is -0.350 e. The summed E-state index contributed by atoms with van der Waals surface area (Å²) >= 11 is 0. The zero-order valence-corrected chi connectivity index (χ0v) is 6.03. The fraction of sp³-hybridized carbons (Fsp3) is 0.333. The van der Waals surface area contributed by atoms with E-state index >= 15 is 0 Å². The molecule has 0 aliphatic rings. The van der Waals surface area contributed by atoms with Crippen LogP contribution in [0, 0.1) is 0 Å². The molecule has 1 heterocycles. The third-order valence-corrected chi connectivity index (χ3v) is 1.29. The molecule has 0 unspecified atom stereocenters. The normalized spacial score (nSPS) is 9.91. The van der Waals surface area contributed by atoms with Gasteiger partial charge in [-0.15, -0.1) is 0 Å².